The molecule has 1 aromatic heterocycles. The Bertz CT molecular complexity index is 894. The number of amides is 1. The van der Waals surface area contributed by atoms with Crippen LogP contribution < -0.4 is 10.1 Å². The van der Waals surface area contributed by atoms with Crippen molar-refractivity contribution in [2.75, 3.05) is 12.4 Å². The van der Waals surface area contributed by atoms with Crippen molar-refractivity contribution in [2.24, 2.45) is 0 Å². The Morgan fingerprint density at radius 1 is 1.16 bits per heavy atom. The summed E-state index contributed by atoms with van der Waals surface area (Å²) < 4.78 is 5.23. The fourth-order valence-corrected chi connectivity index (χ4v) is 3.37. The summed E-state index contributed by atoms with van der Waals surface area (Å²) in [4.78, 5) is 16.8. The molecule has 1 heterocycles. The summed E-state index contributed by atoms with van der Waals surface area (Å²) in [7, 11) is 1.54. The molecule has 0 saturated heterocycles. The van der Waals surface area contributed by atoms with E-state index in [0.717, 1.165) is 10.6 Å². The monoisotopic (exact) mass is 392 g/mol. The predicted octanol–water partition coefficient (Wildman–Crippen LogP) is 5.31. The second kappa shape index (κ2) is 7.87. The Labute approximate surface area is 159 Å². The highest BCUT2D eigenvalue weighted by molar-refractivity contribution is 7.13. The average molecular weight is 393 g/mol. The topological polar surface area (TPSA) is 51.2 Å². The standard InChI is InChI=1S/C18H14Cl2N2O2S/c1-24-16-7-6-13(20)8-15(16)22-17(23)9-14-10-25-18(21-14)11-2-4-12(19)5-3-11/h2-8,10H,9H2,1H3,(H,22,23). The summed E-state index contributed by atoms with van der Waals surface area (Å²) >= 11 is 13.4. The third-order valence-corrected chi connectivity index (χ3v) is 4.85. The molecule has 1 N–H and O–H groups in total. The highest BCUT2D eigenvalue weighted by Crippen LogP contribution is 2.28. The quantitative estimate of drug-likeness (QED) is 0.640. The number of hydrogen-bond acceptors (Lipinski definition) is 4. The molecule has 0 saturated carbocycles. The molecule has 25 heavy (non-hydrogen) atoms. The van der Waals surface area contributed by atoms with Crippen molar-refractivity contribution < 1.29 is 9.53 Å². The first-order valence-corrected chi connectivity index (χ1v) is 9.02. The van der Waals surface area contributed by atoms with Gasteiger partial charge in [-0.3, -0.25) is 4.79 Å². The average Bonchev–Trinajstić information content (AvgIpc) is 3.04. The maximum atomic E-state index is 12.3. The van der Waals surface area contributed by atoms with Gasteiger partial charge in [0.25, 0.3) is 0 Å². The molecule has 2 aromatic carbocycles. The van der Waals surface area contributed by atoms with Crippen LogP contribution in [0.1, 0.15) is 5.69 Å². The van der Waals surface area contributed by atoms with Crippen LogP contribution in [0.4, 0.5) is 5.69 Å². The first kappa shape index (κ1) is 17.7. The number of rotatable bonds is 5. The maximum absolute atomic E-state index is 12.3. The minimum absolute atomic E-state index is 0.166. The largest absolute Gasteiger partial charge is 0.495 e. The number of carbonyl (C=O) groups is 1. The van der Waals surface area contributed by atoms with Gasteiger partial charge in [0.05, 0.1) is 24.9 Å². The summed E-state index contributed by atoms with van der Waals surface area (Å²) in [6.45, 7) is 0. The van der Waals surface area contributed by atoms with Crippen LogP contribution in [-0.2, 0) is 11.2 Å². The van der Waals surface area contributed by atoms with Gasteiger partial charge in [0.2, 0.25) is 5.91 Å². The second-order valence-electron chi connectivity index (χ2n) is 5.22. The summed E-state index contributed by atoms with van der Waals surface area (Å²) in [6, 6.07) is 12.5. The van der Waals surface area contributed by atoms with E-state index in [1.54, 1.807) is 18.2 Å². The highest BCUT2D eigenvalue weighted by Gasteiger charge is 2.12. The van der Waals surface area contributed by atoms with Gasteiger partial charge in [-0.05, 0) is 30.3 Å². The van der Waals surface area contributed by atoms with E-state index in [9.17, 15) is 4.79 Å². The van der Waals surface area contributed by atoms with Gasteiger partial charge in [-0.2, -0.15) is 0 Å². The molecule has 0 fully saturated rings. The molecule has 0 aliphatic rings. The molecule has 0 spiro atoms. The molecule has 3 rings (SSSR count). The Hall–Kier alpha value is -2.08. The van der Waals surface area contributed by atoms with E-state index in [1.165, 1.54) is 18.4 Å². The van der Waals surface area contributed by atoms with Crippen molar-refractivity contribution in [2.45, 2.75) is 6.42 Å². The molecule has 1 amide bonds. The van der Waals surface area contributed by atoms with Crippen LogP contribution in [0.25, 0.3) is 10.6 Å². The van der Waals surface area contributed by atoms with Gasteiger partial charge in [0, 0.05) is 21.0 Å². The number of methoxy groups -OCH3 is 1. The maximum Gasteiger partial charge on any atom is 0.230 e. The van der Waals surface area contributed by atoms with Crippen molar-refractivity contribution in [3.8, 4) is 16.3 Å². The Balaban J connectivity index is 1.70. The lowest BCUT2D eigenvalue weighted by Crippen LogP contribution is -2.15. The van der Waals surface area contributed by atoms with E-state index >= 15 is 0 Å². The summed E-state index contributed by atoms with van der Waals surface area (Å²) in [6.07, 6.45) is 0.166. The lowest BCUT2D eigenvalue weighted by Gasteiger charge is -2.10. The summed E-state index contributed by atoms with van der Waals surface area (Å²) in [5.74, 6) is 0.367. The molecule has 0 radical (unpaired) electrons. The third kappa shape index (κ3) is 4.51. The van der Waals surface area contributed by atoms with Crippen LogP contribution in [0.2, 0.25) is 10.0 Å². The van der Waals surface area contributed by atoms with Crippen molar-refractivity contribution in [1.82, 2.24) is 4.98 Å². The van der Waals surface area contributed by atoms with Gasteiger partial charge >= 0.3 is 0 Å². The van der Waals surface area contributed by atoms with Crippen molar-refractivity contribution in [3.05, 3.63) is 63.6 Å². The van der Waals surface area contributed by atoms with Crippen LogP contribution in [-0.4, -0.2) is 18.0 Å². The SMILES string of the molecule is COc1ccc(Cl)cc1NC(=O)Cc1csc(-c2ccc(Cl)cc2)n1. The lowest BCUT2D eigenvalue weighted by molar-refractivity contribution is -0.115. The number of thiazole rings is 1. The smallest absolute Gasteiger partial charge is 0.230 e. The van der Waals surface area contributed by atoms with E-state index in [4.69, 9.17) is 27.9 Å². The molecule has 0 aliphatic heterocycles. The second-order valence-corrected chi connectivity index (χ2v) is 6.95. The first-order chi connectivity index (χ1) is 12.0. The van der Waals surface area contributed by atoms with Gasteiger partial charge < -0.3 is 10.1 Å². The van der Waals surface area contributed by atoms with Crippen molar-refractivity contribution in [3.63, 3.8) is 0 Å². The predicted molar refractivity (Wildman–Crippen MR) is 103 cm³/mol. The molecule has 0 bridgehead atoms. The highest BCUT2D eigenvalue weighted by atomic mass is 35.5. The molecule has 0 atom stereocenters. The normalized spacial score (nSPS) is 10.5. The molecular formula is C18H14Cl2N2O2S. The number of ether oxygens (including phenoxy) is 1. The molecular weight excluding hydrogens is 379 g/mol. The Morgan fingerprint density at radius 2 is 1.88 bits per heavy atom. The lowest BCUT2D eigenvalue weighted by atomic mass is 10.2. The molecule has 3 aromatic rings. The van der Waals surface area contributed by atoms with Gasteiger partial charge in [-0.1, -0.05) is 35.3 Å². The van der Waals surface area contributed by atoms with Crippen LogP contribution in [0.5, 0.6) is 5.75 Å². The number of benzene rings is 2. The van der Waals surface area contributed by atoms with E-state index in [0.29, 0.717) is 27.2 Å². The molecule has 0 unspecified atom stereocenters. The van der Waals surface area contributed by atoms with E-state index in [1.807, 2.05) is 29.6 Å². The van der Waals surface area contributed by atoms with Crippen LogP contribution in [0.3, 0.4) is 0 Å². The number of carbonyl (C=O) groups excluding carboxylic acids is 1. The summed E-state index contributed by atoms with van der Waals surface area (Å²) in [5, 5.41) is 6.73. The van der Waals surface area contributed by atoms with E-state index < -0.39 is 0 Å². The minimum Gasteiger partial charge on any atom is -0.495 e. The fourth-order valence-electron chi connectivity index (χ4n) is 2.25. The number of anilines is 1. The molecule has 0 aliphatic carbocycles. The summed E-state index contributed by atoms with van der Waals surface area (Å²) in [5.41, 5.74) is 2.21. The van der Waals surface area contributed by atoms with E-state index in [-0.39, 0.29) is 12.3 Å². The van der Waals surface area contributed by atoms with Crippen LogP contribution in [0, 0.1) is 0 Å². The Kier molecular flexibility index (Phi) is 5.58. The molecule has 4 nitrogen and oxygen atoms in total. The zero-order valence-electron chi connectivity index (χ0n) is 13.3. The van der Waals surface area contributed by atoms with Gasteiger partial charge in [-0.25, -0.2) is 4.98 Å². The third-order valence-electron chi connectivity index (χ3n) is 3.42. The van der Waals surface area contributed by atoms with Gasteiger partial charge in [-0.15, -0.1) is 11.3 Å². The van der Waals surface area contributed by atoms with Gasteiger partial charge in [0.1, 0.15) is 10.8 Å². The molecule has 7 heteroatoms. The number of hydrogen-bond donors (Lipinski definition) is 1. The fraction of sp³-hybridized carbons (Fsp3) is 0.111. The zero-order valence-corrected chi connectivity index (χ0v) is 15.6. The molecule has 128 valence electrons. The minimum atomic E-state index is -0.187. The number of nitrogens with zero attached hydrogens (tertiary/aromatic N) is 1. The van der Waals surface area contributed by atoms with Crippen LogP contribution >= 0.6 is 34.5 Å². The number of aromatic nitrogens is 1. The van der Waals surface area contributed by atoms with Crippen LogP contribution in [0.15, 0.2) is 47.8 Å². The van der Waals surface area contributed by atoms with Gasteiger partial charge in [0.15, 0.2) is 0 Å². The van der Waals surface area contributed by atoms with Crippen molar-refractivity contribution in [1.29, 1.82) is 0 Å². The zero-order chi connectivity index (χ0) is 17.8. The van der Waals surface area contributed by atoms with Crippen molar-refractivity contribution >= 4 is 46.1 Å². The first-order valence-electron chi connectivity index (χ1n) is 7.39. The Morgan fingerprint density at radius 3 is 2.60 bits per heavy atom. The number of nitrogens with one attached hydrogen (secondary N) is 1. The van der Waals surface area contributed by atoms with E-state index in [2.05, 4.69) is 10.3 Å². The number of halogens is 2.